The lowest BCUT2D eigenvalue weighted by molar-refractivity contribution is 0.249. The molecule has 0 saturated carbocycles. The fourth-order valence-corrected chi connectivity index (χ4v) is 0.945. The molecule has 0 fully saturated rings. The molecule has 1 aliphatic rings. The zero-order valence-electron chi connectivity index (χ0n) is 6.37. The molecule has 0 spiro atoms. The summed E-state index contributed by atoms with van der Waals surface area (Å²) in [6, 6.07) is -0.620. The van der Waals surface area contributed by atoms with Crippen LogP contribution in [0.3, 0.4) is 0 Å². The highest BCUT2D eigenvalue weighted by Crippen LogP contribution is 2.13. The highest BCUT2D eigenvalue weighted by molar-refractivity contribution is 5.99. The number of nitrogens with two attached hydrogens (primary N) is 1. The van der Waals surface area contributed by atoms with E-state index in [1.54, 1.807) is 0 Å². The minimum Gasteiger partial charge on any atom is -0.350 e. The van der Waals surface area contributed by atoms with Crippen LogP contribution in [0.25, 0.3) is 0 Å². The van der Waals surface area contributed by atoms with Crippen molar-refractivity contribution in [1.82, 2.24) is 5.43 Å². The van der Waals surface area contributed by atoms with Gasteiger partial charge >= 0.3 is 6.03 Å². The molecule has 0 aromatic heterocycles. The number of hydrazone groups is 1. The molecule has 0 heterocycles. The smallest absolute Gasteiger partial charge is 0.332 e. The van der Waals surface area contributed by atoms with Gasteiger partial charge in [0.1, 0.15) is 0 Å². The van der Waals surface area contributed by atoms with E-state index in [0.29, 0.717) is 5.92 Å². The molecule has 2 amide bonds. The first-order chi connectivity index (χ1) is 5.20. The Balaban J connectivity index is 2.52. The first-order valence-electron chi connectivity index (χ1n) is 3.49. The Kier molecular flexibility index (Phi) is 2.25. The average Bonchev–Trinajstić information content (AvgIpc) is 2.31. The maximum Gasteiger partial charge on any atom is 0.332 e. The maximum absolute atomic E-state index is 10.2. The van der Waals surface area contributed by atoms with Gasteiger partial charge in [-0.3, -0.25) is 0 Å². The molecule has 1 rings (SSSR count). The van der Waals surface area contributed by atoms with Crippen molar-refractivity contribution in [3.63, 3.8) is 0 Å². The van der Waals surface area contributed by atoms with Crippen molar-refractivity contribution in [3.8, 4) is 0 Å². The van der Waals surface area contributed by atoms with Gasteiger partial charge in [-0.25, -0.2) is 10.2 Å². The van der Waals surface area contributed by atoms with Gasteiger partial charge in [0, 0.05) is 5.92 Å². The molecule has 4 heteroatoms. The summed E-state index contributed by atoms with van der Waals surface area (Å²) in [4.78, 5) is 10.2. The molecule has 1 atom stereocenters. The predicted molar refractivity (Wildman–Crippen MR) is 43.1 cm³/mol. The first kappa shape index (κ1) is 7.78. The Morgan fingerprint density at radius 1 is 1.91 bits per heavy atom. The zero-order chi connectivity index (χ0) is 8.27. The van der Waals surface area contributed by atoms with Crippen LogP contribution in [0.2, 0.25) is 0 Å². The molecular formula is C7H11N3O. The van der Waals surface area contributed by atoms with E-state index in [0.717, 1.165) is 12.1 Å². The van der Waals surface area contributed by atoms with Gasteiger partial charge in [-0.05, 0) is 12.5 Å². The van der Waals surface area contributed by atoms with E-state index in [9.17, 15) is 4.79 Å². The van der Waals surface area contributed by atoms with Crippen molar-refractivity contribution in [2.24, 2.45) is 16.8 Å². The molecule has 0 aliphatic heterocycles. The molecule has 0 saturated heterocycles. The SMILES string of the molecule is CC1CC=C/C1=N\NC(N)=O. The van der Waals surface area contributed by atoms with E-state index in [4.69, 9.17) is 5.73 Å². The van der Waals surface area contributed by atoms with E-state index < -0.39 is 6.03 Å². The van der Waals surface area contributed by atoms with Crippen molar-refractivity contribution < 1.29 is 4.79 Å². The summed E-state index contributed by atoms with van der Waals surface area (Å²) < 4.78 is 0. The molecule has 1 aliphatic carbocycles. The third kappa shape index (κ3) is 2.07. The van der Waals surface area contributed by atoms with Crippen LogP contribution in [0, 0.1) is 5.92 Å². The topological polar surface area (TPSA) is 67.5 Å². The second kappa shape index (κ2) is 3.18. The number of hydrogen-bond acceptors (Lipinski definition) is 2. The number of amides is 2. The van der Waals surface area contributed by atoms with Gasteiger partial charge in [0.25, 0.3) is 0 Å². The fraction of sp³-hybridized carbons (Fsp3) is 0.429. The maximum atomic E-state index is 10.2. The van der Waals surface area contributed by atoms with Gasteiger partial charge in [-0.2, -0.15) is 5.10 Å². The van der Waals surface area contributed by atoms with Crippen molar-refractivity contribution >= 4 is 11.7 Å². The van der Waals surface area contributed by atoms with Crippen LogP contribution in [0.1, 0.15) is 13.3 Å². The number of hydrogen-bond donors (Lipinski definition) is 2. The van der Waals surface area contributed by atoms with E-state index in [-0.39, 0.29) is 0 Å². The Morgan fingerprint density at radius 3 is 3.09 bits per heavy atom. The van der Waals surface area contributed by atoms with Crippen molar-refractivity contribution in [1.29, 1.82) is 0 Å². The largest absolute Gasteiger partial charge is 0.350 e. The van der Waals surface area contributed by atoms with Crippen LogP contribution >= 0.6 is 0 Å². The van der Waals surface area contributed by atoms with Crippen molar-refractivity contribution in [2.75, 3.05) is 0 Å². The number of rotatable bonds is 1. The summed E-state index contributed by atoms with van der Waals surface area (Å²) in [6.45, 7) is 2.04. The van der Waals surface area contributed by atoms with Crippen LogP contribution in [-0.4, -0.2) is 11.7 Å². The van der Waals surface area contributed by atoms with Gasteiger partial charge in [-0.1, -0.05) is 13.0 Å². The van der Waals surface area contributed by atoms with Crippen LogP contribution < -0.4 is 11.2 Å². The highest BCUT2D eigenvalue weighted by atomic mass is 16.2. The molecule has 0 bridgehead atoms. The summed E-state index contributed by atoms with van der Waals surface area (Å²) in [6.07, 6.45) is 4.89. The number of carbonyl (C=O) groups excluding carboxylic acids is 1. The van der Waals surface area contributed by atoms with Crippen LogP contribution in [0.15, 0.2) is 17.3 Å². The van der Waals surface area contributed by atoms with Gasteiger partial charge in [0.2, 0.25) is 0 Å². The lowest BCUT2D eigenvalue weighted by Gasteiger charge is -2.01. The summed E-state index contributed by atoms with van der Waals surface area (Å²) >= 11 is 0. The third-order valence-corrected chi connectivity index (χ3v) is 1.58. The number of primary amides is 1. The van der Waals surface area contributed by atoms with Gasteiger partial charge in [0.05, 0.1) is 5.71 Å². The zero-order valence-corrected chi connectivity index (χ0v) is 6.37. The summed E-state index contributed by atoms with van der Waals surface area (Å²) in [7, 11) is 0. The van der Waals surface area contributed by atoms with Crippen molar-refractivity contribution in [2.45, 2.75) is 13.3 Å². The first-order valence-corrected chi connectivity index (χ1v) is 3.49. The van der Waals surface area contributed by atoms with E-state index in [2.05, 4.69) is 10.5 Å². The minimum absolute atomic E-state index is 0.391. The van der Waals surface area contributed by atoms with Crippen molar-refractivity contribution in [3.05, 3.63) is 12.2 Å². The molecule has 0 radical (unpaired) electrons. The Morgan fingerprint density at radius 2 is 2.64 bits per heavy atom. The Hall–Kier alpha value is -1.32. The molecule has 0 aromatic rings. The van der Waals surface area contributed by atoms with Gasteiger partial charge < -0.3 is 5.73 Å². The Labute approximate surface area is 65.2 Å². The van der Waals surface area contributed by atoms with E-state index in [1.165, 1.54) is 0 Å². The summed E-state index contributed by atoms with van der Waals surface area (Å²) in [5.74, 6) is 0.391. The number of carbonyl (C=O) groups is 1. The third-order valence-electron chi connectivity index (χ3n) is 1.58. The predicted octanol–water partition coefficient (Wildman–Crippen LogP) is 0.607. The van der Waals surface area contributed by atoms with Crippen LogP contribution in [0.5, 0.6) is 0 Å². The lowest BCUT2D eigenvalue weighted by Crippen LogP contribution is -2.26. The molecule has 11 heavy (non-hydrogen) atoms. The minimum atomic E-state index is -0.620. The second-order valence-corrected chi connectivity index (χ2v) is 2.55. The van der Waals surface area contributed by atoms with Crippen LogP contribution in [-0.2, 0) is 0 Å². The summed E-state index contributed by atoms with van der Waals surface area (Å²) in [5.41, 5.74) is 7.91. The van der Waals surface area contributed by atoms with Gasteiger partial charge in [-0.15, -0.1) is 0 Å². The molecule has 1 unspecified atom stereocenters. The number of urea groups is 1. The van der Waals surface area contributed by atoms with E-state index >= 15 is 0 Å². The molecule has 60 valence electrons. The second-order valence-electron chi connectivity index (χ2n) is 2.55. The molecule has 0 aromatic carbocycles. The monoisotopic (exact) mass is 153 g/mol. The Bertz CT molecular complexity index is 220. The van der Waals surface area contributed by atoms with Gasteiger partial charge in [0.15, 0.2) is 0 Å². The fourth-order valence-electron chi connectivity index (χ4n) is 0.945. The molecule has 4 nitrogen and oxygen atoms in total. The molecule has 3 N–H and O–H groups in total. The van der Waals surface area contributed by atoms with E-state index in [1.807, 2.05) is 19.1 Å². The number of nitrogens with zero attached hydrogens (tertiary/aromatic N) is 1. The normalized spacial score (nSPS) is 25.9. The number of allylic oxidation sites excluding steroid dienone is 2. The quantitative estimate of drug-likeness (QED) is 0.532. The average molecular weight is 153 g/mol. The number of nitrogens with one attached hydrogen (secondary N) is 1. The standard InChI is InChI=1S/C7H11N3O/c1-5-3-2-4-6(5)9-10-7(8)11/h2,4-5H,3H2,1H3,(H3,8,10,11)/b9-6+. The van der Waals surface area contributed by atoms with Crippen LogP contribution in [0.4, 0.5) is 4.79 Å². The summed E-state index contributed by atoms with van der Waals surface area (Å²) in [5, 5.41) is 3.81. The lowest BCUT2D eigenvalue weighted by atomic mass is 10.1. The molecular weight excluding hydrogens is 142 g/mol. The highest BCUT2D eigenvalue weighted by Gasteiger charge is 2.11.